The number of nitrogens with zero attached hydrogens (tertiary/aromatic N) is 3. The average Bonchev–Trinajstić information content (AvgIpc) is 3.22. The maximum Gasteiger partial charge on any atom is 0.251 e. The van der Waals surface area contributed by atoms with Crippen molar-refractivity contribution >= 4 is 39.4 Å². The predicted molar refractivity (Wildman–Crippen MR) is 130 cm³/mol. The molecule has 5 rings (SSSR count). The summed E-state index contributed by atoms with van der Waals surface area (Å²) in [6, 6.07) is 13.9. The third-order valence-corrected chi connectivity index (χ3v) is 5.98. The van der Waals surface area contributed by atoms with Gasteiger partial charge in [-0.25, -0.2) is 4.98 Å². The first-order chi connectivity index (χ1) is 16.1. The molecule has 7 heteroatoms. The first-order valence-electron chi connectivity index (χ1n) is 10.8. The number of aromatic amines is 1. The zero-order chi connectivity index (χ0) is 22.8. The lowest BCUT2D eigenvalue weighted by atomic mass is 10.0. The van der Waals surface area contributed by atoms with E-state index in [2.05, 4.69) is 50.4 Å². The topological polar surface area (TPSA) is 83.6 Å². The van der Waals surface area contributed by atoms with Crippen LogP contribution in [-0.2, 0) is 19.4 Å². The maximum atomic E-state index is 12.7. The van der Waals surface area contributed by atoms with E-state index in [-0.39, 0.29) is 5.91 Å². The molecule has 0 spiro atoms. The van der Waals surface area contributed by atoms with Crippen LogP contribution in [0.25, 0.3) is 21.9 Å². The fourth-order valence-electron chi connectivity index (χ4n) is 3.85. The summed E-state index contributed by atoms with van der Waals surface area (Å²) in [4.78, 5) is 29.1. The van der Waals surface area contributed by atoms with E-state index in [1.807, 2.05) is 24.4 Å². The number of fused-ring (bicyclic) bond motifs is 2. The number of carbonyl (C=O) groups is 1. The van der Waals surface area contributed by atoms with Gasteiger partial charge in [0.15, 0.2) is 0 Å². The predicted octanol–water partition coefficient (Wildman–Crippen LogP) is 5.24. The smallest absolute Gasteiger partial charge is 0.251 e. The number of aryl methyl sites for hydroxylation is 1. The molecule has 1 amide bonds. The zero-order valence-corrected chi connectivity index (χ0v) is 18.9. The van der Waals surface area contributed by atoms with Crippen LogP contribution in [0, 0.1) is 0 Å². The summed E-state index contributed by atoms with van der Waals surface area (Å²) < 4.78 is 0. The summed E-state index contributed by atoms with van der Waals surface area (Å²) >= 11 is 6.17. The largest absolute Gasteiger partial charge is 0.348 e. The molecule has 0 aliphatic rings. The number of rotatable bonds is 6. The molecular formula is C26H22ClN5O. The van der Waals surface area contributed by atoms with Crippen LogP contribution in [0.5, 0.6) is 0 Å². The van der Waals surface area contributed by atoms with Crippen molar-refractivity contribution in [3.63, 3.8) is 0 Å². The number of nitrogens with one attached hydrogen (secondary N) is 2. The van der Waals surface area contributed by atoms with Gasteiger partial charge in [-0.15, -0.1) is 0 Å². The summed E-state index contributed by atoms with van der Waals surface area (Å²) in [7, 11) is 0. The van der Waals surface area contributed by atoms with Gasteiger partial charge in [-0.05, 0) is 59.5 Å². The highest BCUT2D eigenvalue weighted by Gasteiger charge is 2.10. The highest BCUT2D eigenvalue weighted by molar-refractivity contribution is 6.35. The molecule has 4 heterocycles. The molecule has 0 unspecified atom stereocenters. The van der Waals surface area contributed by atoms with Gasteiger partial charge in [-0.1, -0.05) is 24.6 Å². The van der Waals surface area contributed by atoms with Crippen molar-refractivity contribution in [3.8, 4) is 0 Å². The molecule has 0 fully saturated rings. The lowest BCUT2D eigenvalue weighted by Crippen LogP contribution is -2.23. The van der Waals surface area contributed by atoms with Gasteiger partial charge < -0.3 is 10.3 Å². The Kier molecular flexibility index (Phi) is 5.75. The second-order valence-electron chi connectivity index (χ2n) is 8.00. The number of aromatic nitrogens is 4. The lowest BCUT2D eigenvalue weighted by molar-refractivity contribution is 0.0950. The second-order valence-corrected chi connectivity index (χ2v) is 8.40. The van der Waals surface area contributed by atoms with Gasteiger partial charge in [-0.2, -0.15) is 0 Å². The molecular weight excluding hydrogens is 434 g/mol. The molecule has 0 saturated carbocycles. The van der Waals surface area contributed by atoms with Gasteiger partial charge in [-0.3, -0.25) is 14.8 Å². The Morgan fingerprint density at radius 1 is 1.00 bits per heavy atom. The first-order valence-corrected chi connectivity index (χ1v) is 11.2. The number of carbonyl (C=O) groups excluding carboxylic acids is 1. The molecule has 0 atom stereocenters. The van der Waals surface area contributed by atoms with Gasteiger partial charge in [0.05, 0.1) is 10.5 Å². The van der Waals surface area contributed by atoms with E-state index >= 15 is 0 Å². The summed E-state index contributed by atoms with van der Waals surface area (Å²) in [6.45, 7) is 2.48. The Balaban J connectivity index is 1.29. The second kappa shape index (κ2) is 9.00. The molecule has 0 aliphatic heterocycles. The normalized spacial score (nSPS) is 11.2. The summed E-state index contributed by atoms with van der Waals surface area (Å²) in [5.41, 5.74) is 6.33. The molecule has 0 radical (unpaired) electrons. The van der Waals surface area contributed by atoms with E-state index in [9.17, 15) is 4.79 Å². The van der Waals surface area contributed by atoms with Crippen LogP contribution in [0.1, 0.15) is 39.7 Å². The van der Waals surface area contributed by atoms with Crippen LogP contribution in [0.3, 0.4) is 0 Å². The van der Waals surface area contributed by atoms with Crippen LogP contribution in [-0.4, -0.2) is 25.8 Å². The number of hydrogen-bond donors (Lipinski definition) is 2. The van der Waals surface area contributed by atoms with Crippen molar-refractivity contribution in [1.29, 1.82) is 0 Å². The number of halogens is 1. The van der Waals surface area contributed by atoms with Crippen molar-refractivity contribution < 1.29 is 4.79 Å². The Morgan fingerprint density at radius 2 is 1.85 bits per heavy atom. The number of pyridine rings is 3. The van der Waals surface area contributed by atoms with E-state index in [0.29, 0.717) is 23.6 Å². The maximum absolute atomic E-state index is 12.7. The van der Waals surface area contributed by atoms with Crippen molar-refractivity contribution in [3.05, 3.63) is 100 Å². The van der Waals surface area contributed by atoms with Gasteiger partial charge in [0.25, 0.3) is 5.91 Å². The Hall–Kier alpha value is -3.77. The van der Waals surface area contributed by atoms with Crippen LogP contribution in [0.15, 0.2) is 67.3 Å². The zero-order valence-electron chi connectivity index (χ0n) is 18.1. The fourth-order valence-corrected chi connectivity index (χ4v) is 4.05. The third kappa shape index (κ3) is 4.56. The molecule has 4 aromatic heterocycles. The Bertz CT molecular complexity index is 1480. The van der Waals surface area contributed by atoms with Gasteiger partial charge in [0.2, 0.25) is 0 Å². The highest BCUT2D eigenvalue weighted by Crippen LogP contribution is 2.22. The minimum Gasteiger partial charge on any atom is -0.348 e. The molecule has 1 aromatic carbocycles. The molecule has 2 N–H and O–H groups in total. The third-order valence-electron chi connectivity index (χ3n) is 5.66. The van der Waals surface area contributed by atoms with Crippen molar-refractivity contribution in [2.45, 2.75) is 26.3 Å². The SMILES string of the molecule is CCc1cnc2ccc(Cc3cc(C(=O)NCc4cnc5[nH]cc(Cl)c5c4)ccn3)cc2c1. The molecule has 0 saturated heterocycles. The van der Waals surface area contributed by atoms with Crippen LogP contribution >= 0.6 is 11.6 Å². The number of H-pyrrole nitrogens is 1. The number of benzene rings is 1. The van der Waals surface area contributed by atoms with E-state index in [1.165, 1.54) is 5.56 Å². The number of amides is 1. The van der Waals surface area contributed by atoms with Gasteiger partial charge >= 0.3 is 0 Å². The van der Waals surface area contributed by atoms with E-state index < -0.39 is 0 Å². The Labute approximate surface area is 196 Å². The standard InChI is InChI=1S/C26H22ClN5O/c1-2-16-7-20-8-17(3-4-24(20)29-12-16)9-21-11-19(5-6-28-21)26(33)32-14-18-10-22-23(27)15-31-25(22)30-13-18/h3-8,10-13,15H,2,9,14H2,1H3,(H,30,31)(H,32,33). The minimum atomic E-state index is -0.158. The van der Waals surface area contributed by atoms with Gasteiger partial charge in [0, 0.05) is 59.8 Å². The van der Waals surface area contributed by atoms with E-state index in [4.69, 9.17) is 11.6 Å². The van der Waals surface area contributed by atoms with Crippen LogP contribution in [0.2, 0.25) is 5.02 Å². The highest BCUT2D eigenvalue weighted by atomic mass is 35.5. The molecule has 33 heavy (non-hydrogen) atoms. The first kappa shape index (κ1) is 21.1. The van der Waals surface area contributed by atoms with Crippen molar-refractivity contribution in [1.82, 2.24) is 25.3 Å². The minimum absolute atomic E-state index is 0.158. The Morgan fingerprint density at radius 3 is 2.73 bits per heavy atom. The average molecular weight is 456 g/mol. The molecule has 0 aliphatic carbocycles. The molecule has 0 bridgehead atoms. The van der Waals surface area contributed by atoms with Crippen LogP contribution in [0.4, 0.5) is 0 Å². The van der Waals surface area contributed by atoms with E-state index in [0.717, 1.165) is 45.2 Å². The molecule has 5 aromatic rings. The number of hydrogen-bond acceptors (Lipinski definition) is 4. The van der Waals surface area contributed by atoms with Crippen molar-refractivity contribution in [2.24, 2.45) is 0 Å². The quantitative estimate of drug-likeness (QED) is 0.366. The molecule has 164 valence electrons. The summed E-state index contributed by atoms with van der Waals surface area (Å²) in [6.07, 6.45) is 8.62. The summed E-state index contributed by atoms with van der Waals surface area (Å²) in [5, 5.41) is 5.52. The monoisotopic (exact) mass is 455 g/mol. The molecule has 6 nitrogen and oxygen atoms in total. The van der Waals surface area contributed by atoms with Crippen LogP contribution < -0.4 is 5.32 Å². The van der Waals surface area contributed by atoms with Gasteiger partial charge in [0.1, 0.15) is 5.65 Å². The fraction of sp³-hybridized carbons (Fsp3) is 0.154. The lowest BCUT2D eigenvalue weighted by Gasteiger charge is -2.08. The van der Waals surface area contributed by atoms with Crippen molar-refractivity contribution in [2.75, 3.05) is 0 Å². The van der Waals surface area contributed by atoms with E-state index in [1.54, 1.807) is 24.7 Å². The summed E-state index contributed by atoms with van der Waals surface area (Å²) in [5.74, 6) is -0.158.